The molecule has 4 heteroatoms. The van der Waals surface area contributed by atoms with Gasteiger partial charge in [0.1, 0.15) is 11.7 Å². The minimum atomic E-state index is -0.278. The Kier molecular flexibility index (Phi) is 2.99. The van der Waals surface area contributed by atoms with E-state index < -0.39 is 0 Å². The summed E-state index contributed by atoms with van der Waals surface area (Å²) in [7, 11) is 0. The van der Waals surface area contributed by atoms with Gasteiger partial charge in [0.15, 0.2) is 0 Å². The van der Waals surface area contributed by atoms with E-state index in [2.05, 4.69) is 4.98 Å². The number of amidine groups is 1. The summed E-state index contributed by atoms with van der Waals surface area (Å²) in [6, 6.07) is 8.63. The third-order valence-electron chi connectivity index (χ3n) is 3.42. The second kappa shape index (κ2) is 4.80. The molecule has 0 radical (unpaired) electrons. The van der Waals surface area contributed by atoms with E-state index in [1.807, 2.05) is 17.0 Å². The molecular formula is C15H14FN3. The summed E-state index contributed by atoms with van der Waals surface area (Å²) in [5.41, 5.74) is 2.95. The lowest BCUT2D eigenvalue weighted by Crippen LogP contribution is -2.26. The fraction of sp³-hybridized carbons (Fsp3) is 0.200. The van der Waals surface area contributed by atoms with E-state index in [9.17, 15) is 4.39 Å². The Hall–Kier alpha value is -2.23. The zero-order valence-electron chi connectivity index (χ0n) is 10.4. The first-order valence-corrected chi connectivity index (χ1v) is 6.25. The Balaban J connectivity index is 1.71. The topological polar surface area (TPSA) is 40.0 Å². The summed E-state index contributed by atoms with van der Waals surface area (Å²) < 4.78 is 13.2. The van der Waals surface area contributed by atoms with Gasteiger partial charge in [-0.1, -0.05) is 6.07 Å². The van der Waals surface area contributed by atoms with Gasteiger partial charge in [-0.05, 0) is 41.8 Å². The second-order valence-corrected chi connectivity index (χ2v) is 4.68. The Morgan fingerprint density at radius 2 is 2.00 bits per heavy atom. The fourth-order valence-corrected chi connectivity index (χ4v) is 2.37. The van der Waals surface area contributed by atoms with Gasteiger partial charge < -0.3 is 4.90 Å². The normalized spacial score (nSPS) is 13.7. The van der Waals surface area contributed by atoms with Crippen LogP contribution in [0.1, 0.15) is 16.7 Å². The van der Waals surface area contributed by atoms with E-state index in [0.717, 1.165) is 24.1 Å². The maximum atomic E-state index is 13.2. The summed E-state index contributed by atoms with van der Waals surface area (Å²) >= 11 is 0. The van der Waals surface area contributed by atoms with Crippen LogP contribution in [0.4, 0.5) is 4.39 Å². The van der Waals surface area contributed by atoms with E-state index in [-0.39, 0.29) is 5.82 Å². The van der Waals surface area contributed by atoms with Crippen LogP contribution in [0.25, 0.3) is 0 Å². The van der Waals surface area contributed by atoms with Crippen molar-refractivity contribution in [1.29, 1.82) is 5.41 Å². The van der Waals surface area contributed by atoms with E-state index in [1.54, 1.807) is 18.5 Å². The van der Waals surface area contributed by atoms with Gasteiger partial charge in [0, 0.05) is 31.0 Å². The van der Waals surface area contributed by atoms with Crippen LogP contribution in [0.15, 0.2) is 42.7 Å². The van der Waals surface area contributed by atoms with Gasteiger partial charge >= 0.3 is 0 Å². The SMILES string of the molecule is N=C1c2cc(F)ccc2CN1CCc1ccncc1. The van der Waals surface area contributed by atoms with Crippen molar-refractivity contribution in [2.24, 2.45) is 0 Å². The summed E-state index contributed by atoms with van der Waals surface area (Å²) in [6.07, 6.45) is 4.41. The van der Waals surface area contributed by atoms with Gasteiger partial charge in [0.25, 0.3) is 0 Å². The van der Waals surface area contributed by atoms with Crippen LogP contribution in [0.3, 0.4) is 0 Å². The molecule has 2 aromatic rings. The molecule has 96 valence electrons. The van der Waals surface area contributed by atoms with Crippen molar-refractivity contribution in [3.05, 3.63) is 65.2 Å². The molecule has 1 aromatic carbocycles. The van der Waals surface area contributed by atoms with Crippen molar-refractivity contribution >= 4 is 5.84 Å². The number of hydrogen-bond acceptors (Lipinski definition) is 2. The lowest BCUT2D eigenvalue weighted by Gasteiger charge is -2.17. The highest BCUT2D eigenvalue weighted by Gasteiger charge is 2.23. The van der Waals surface area contributed by atoms with Crippen molar-refractivity contribution in [2.45, 2.75) is 13.0 Å². The molecule has 0 aliphatic carbocycles. The number of aromatic nitrogens is 1. The molecule has 0 unspecified atom stereocenters. The van der Waals surface area contributed by atoms with Gasteiger partial charge in [-0.15, -0.1) is 0 Å². The van der Waals surface area contributed by atoms with Crippen LogP contribution in [0, 0.1) is 11.2 Å². The molecule has 0 atom stereocenters. The summed E-state index contributed by atoms with van der Waals surface area (Å²) in [4.78, 5) is 5.96. The molecule has 0 bridgehead atoms. The maximum Gasteiger partial charge on any atom is 0.128 e. The molecule has 2 heterocycles. The van der Waals surface area contributed by atoms with Crippen LogP contribution in [-0.4, -0.2) is 22.3 Å². The van der Waals surface area contributed by atoms with Crippen molar-refractivity contribution in [1.82, 2.24) is 9.88 Å². The van der Waals surface area contributed by atoms with Crippen LogP contribution in [0.5, 0.6) is 0 Å². The summed E-state index contributed by atoms with van der Waals surface area (Å²) in [5.74, 6) is 0.142. The standard InChI is InChI=1S/C15H14FN3/c16-13-2-1-12-10-19(15(17)14(12)9-13)8-5-11-3-6-18-7-4-11/h1-4,6-7,9,17H,5,8,10H2. The maximum absolute atomic E-state index is 13.2. The number of pyridine rings is 1. The van der Waals surface area contributed by atoms with Gasteiger partial charge in [-0.2, -0.15) is 0 Å². The van der Waals surface area contributed by atoms with Gasteiger partial charge in [-0.25, -0.2) is 4.39 Å². The van der Waals surface area contributed by atoms with E-state index in [1.165, 1.54) is 17.7 Å². The first-order chi connectivity index (χ1) is 9.24. The van der Waals surface area contributed by atoms with Crippen LogP contribution in [-0.2, 0) is 13.0 Å². The third-order valence-corrected chi connectivity index (χ3v) is 3.42. The van der Waals surface area contributed by atoms with Gasteiger partial charge in [0.2, 0.25) is 0 Å². The minimum absolute atomic E-state index is 0.278. The lowest BCUT2D eigenvalue weighted by molar-refractivity contribution is 0.432. The molecule has 1 aliphatic heterocycles. The smallest absolute Gasteiger partial charge is 0.128 e. The quantitative estimate of drug-likeness (QED) is 0.915. The number of fused-ring (bicyclic) bond motifs is 1. The second-order valence-electron chi connectivity index (χ2n) is 4.68. The van der Waals surface area contributed by atoms with E-state index in [0.29, 0.717) is 12.4 Å². The first-order valence-electron chi connectivity index (χ1n) is 6.25. The van der Waals surface area contributed by atoms with Crippen LogP contribution in [0.2, 0.25) is 0 Å². The molecule has 0 fully saturated rings. The van der Waals surface area contributed by atoms with Gasteiger partial charge in [-0.3, -0.25) is 10.4 Å². The number of nitrogens with one attached hydrogen (secondary N) is 1. The van der Waals surface area contributed by atoms with E-state index in [4.69, 9.17) is 5.41 Å². The molecule has 0 spiro atoms. The number of benzene rings is 1. The molecule has 3 rings (SSSR count). The van der Waals surface area contributed by atoms with Crippen molar-refractivity contribution in [3.8, 4) is 0 Å². The highest BCUT2D eigenvalue weighted by molar-refractivity contribution is 6.00. The summed E-state index contributed by atoms with van der Waals surface area (Å²) in [6.45, 7) is 1.46. The summed E-state index contributed by atoms with van der Waals surface area (Å²) in [5, 5.41) is 8.10. The number of hydrogen-bond donors (Lipinski definition) is 1. The van der Waals surface area contributed by atoms with Crippen molar-refractivity contribution in [3.63, 3.8) is 0 Å². The Labute approximate surface area is 111 Å². The number of rotatable bonds is 3. The Bertz CT molecular complexity index is 610. The van der Waals surface area contributed by atoms with Crippen LogP contribution >= 0.6 is 0 Å². The highest BCUT2D eigenvalue weighted by atomic mass is 19.1. The Morgan fingerprint density at radius 1 is 1.21 bits per heavy atom. The molecule has 3 nitrogen and oxygen atoms in total. The van der Waals surface area contributed by atoms with Crippen molar-refractivity contribution in [2.75, 3.05) is 6.54 Å². The molecular weight excluding hydrogens is 241 g/mol. The van der Waals surface area contributed by atoms with E-state index >= 15 is 0 Å². The minimum Gasteiger partial charge on any atom is -0.352 e. The number of nitrogens with zero attached hydrogens (tertiary/aromatic N) is 2. The zero-order valence-corrected chi connectivity index (χ0v) is 10.4. The molecule has 1 aromatic heterocycles. The zero-order chi connectivity index (χ0) is 13.2. The Morgan fingerprint density at radius 3 is 2.79 bits per heavy atom. The largest absolute Gasteiger partial charge is 0.352 e. The molecule has 19 heavy (non-hydrogen) atoms. The lowest BCUT2D eigenvalue weighted by atomic mass is 10.1. The van der Waals surface area contributed by atoms with Gasteiger partial charge in [0.05, 0.1) is 0 Å². The average Bonchev–Trinajstić information content (AvgIpc) is 2.74. The van der Waals surface area contributed by atoms with Crippen LogP contribution < -0.4 is 0 Å². The molecule has 0 amide bonds. The molecule has 0 saturated carbocycles. The predicted molar refractivity (Wildman–Crippen MR) is 71.6 cm³/mol. The average molecular weight is 255 g/mol. The molecule has 1 aliphatic rings. The molecule has 1 N–H and O–H groups in total. The third kappa shape index (κ3) is 2.34. The first kappa shape index (κ1) is 11.8. The monoisotopic (exact) mass is 255 g/mol. The predicted octanol–water partition coefficient (Wildman–Crippen LogP) is 2.60. The fourth-order valence-electron chi connectivity index (χ4n) is 2.37. The highest BCUT2D eigenvalue weighted by Crippen LogP contribution is 2.23. The number of halogens is 1. The van der Waals surface area contributed by atoms with Crippen molar-refractivity contribution < 1.29 is 4.39 Å². The molecule has 0 saturated heterocycles.